The van der Waals surface area contributed by atoms with E-state index in [9.17, 15) is 0 Å². The first-order valence-corrected chi connectivity index (χ1v) is 9.13. The van der Waals surface area contributed by atoms with E-state index < -0.39 is 0 Å². The lowest BCUT2D eigenvalue weighted by Gasteiger charge is -2.43. The Morgan fingerprint density at radius 1 is 1.24 bits per heavy atom. The summed E-state index contributed by atoms with van der Waals surface area (Å²) < 4.78 is 5.86. The number of hydrogen-bond acceptors (Lipinski definition) is 3. The van der Waals surface area contributed by atoms with Gasteiger partial charge in [0, 0.05) is 25.7 Å². The molecule has 1 N–H and O–H groups in total. The molecule has 2 rings (SSSR count). The quantitative estimate of drug-likeness (QED) is 0.814. The van der Waals surface area contributed by atoms with E-state index in [1.54, 1.807) is 0 Å². The highest BCUT2D eigenvalue weighted by Crippen LogP contribution is 2.32. The molecule has 3 atom stereocenters. The third-order valence-electron chi connectivity index (χ3n) is 5.32. The van der Waals surface area contributed by atoms with Gasteiger partial charge in [-0.1, -0.05) is 20.3 Å². The fourth-order valence-electron chi connectivity index (χ4n) is 4.13. The molecule has 1 saturated carbocycles. The van der Waals surface area contributed by atoms with Crippen molar-refractivity contribution in [3.05, 3.63) is 0 Å². The summed E-state index contributed by atoms with van der Waals surface area (Å²) >= 11 is 0. The molecule has 0 bridgehead atoms. The summed E-state index contributed by atoms with van der Waals surface area (Å²) in [5.41, 5.74) is 0.0312. The van der Waals surface area contributed by atoms with Gasteiger partial charge in [0.1, 0.15) is 0 Å². The largest absolute Gasteiger partial charge is 0.373 e. The molecule has 0 aromatic rings. The van der Waals surface area contributed by atoms with Gasteiger partial charge < -0.3 is 10.1 Å². The molecule has 1 heterocycles. The van der Waals surface area contributed by atoms with Crippen molar-refractivity contribution >= 4 is 0 Å². The molecule has 21 heavy (non-hydrogen) atoms. The van der Waals surface area contributed by atoms with E-state index in [0.29, 0.717) is 0 Å². The van der Waals surface area contributed by atoms with Crippen LogP contribution in [0.4, 0.5) is 0 Å². The predicted molar refractivity (Wildman–Crippen MR) is 89.7 cm³/mol. The van der Waals surface area contributed by atoms with Crippen LogP contribution in [0.3, 0.4) is 0 Å². The SMILES string of the molecule is CCCNC1CCC(CC)CC1CN1CCOC(C)(C)C1. The molecule has 0 amide bonds. The van der Waals surface area contributed by atoms with E-state index in [0.717, 1.165) is 37.6 Å². The Morgan fingerprint density at radius 3 is 2.71 bits per heavy atom. The number of morpholine rings is 1. The summed E-state index contributed by atoms with van der Waals surface area (Å²) in [5.74, 6) is 1.77. The lowest BCUT2D eigenvalue weighted by molar-refractivity contribution is -0.0914. The zero-order chi connectivity index (χ0) is 15.3. The molecule has 3 unspecified atom stereocenters. The van der Waals surface area contributed by atoms with Crippen LogP contribution in [-0.4, -0.2) is 49.3 Å². The number of nitrogens with zero attached hydrogens (tertiary/aromatic N) is 1. The molecular formula is C18H36N2O. The van der Waals surface area contributed by atoms with E-state index >= 15 is 0 Å². The van der Waals surface area contributed by atoms with Gasteiger partial charge in [-0.15, -0.1) is 0 Å². The minimum absolute atomic E-state index is 0.0312. The molecule has 2 fully saturated rings. The summed E-state index contributed by atoms with van der Waals surface area (Å²) in [6.45, 7) is 14.6. The first-order valence-electron chi connectivity index (χ1n) is 9.13. The van der Waals surface area contributed by atoms with Gasteiger partial charge >= 0.3 is 0 Å². The highest BCUT2D eigenvalue weighted by atomic mass is 16.5. The lowest BCUT2D eigenvalue weighted by atomic mass is 9.76. The van der Waals surface area contributed by atoms with Crippen molar-refractivity contribution in [3.63, 3.8) is 0 Å². The molecule has 0 aromatic heterocycles. The Kier molecular flexibility index (Phi) is 6.51. The second-order valence-electron chi connectivity index (χ2n) is 7.75. The Morgan fingerprint density at radius 2 is 2.05 bits per heavy atom. The van der Waals surface area contributed by atoms with E-state index in [4.69, 9.17) is 4.74 Å². The van der Waals surface area contributed by atoms with Crippen LogP contribution in [0.5, 0.6) is 0 Å². The van der Waals surface area contributed by atoms with Crippen LogP contribution in [0, 0.1) is 11.8 Å². The van der Waals surface area contributed by atoms with Crippen molar-refractivity contribution in [3.8, 4) is 0 Å². The minimum Gasteiger partial charge on any atom is -0.373 e. The Labute approximate surface area is 131 Å². The minimum atomic E-state index is 0.0312. The fourth-order valence-corrected chi connectivity index (χ4v) is 4.13. The first-order chi connectivity index (χ1) is 10.0. The maximum atomic E-state index is 5.86. The van der Waals surface area contributed by atoms with Crippen LogP contribution in [0.1, 0.15) is 59.8 Å². The van der Waals surface area contributed by atoms with Crippen LogP contribution in [0.25, 0.3) is 0 Å². The van der Waals surface area contributed by atoms with E-state index in [2.05, 4.69) is 37.9 Å². The summed E-state index contributed by atoms with van der Waals surface area (Å²) in [6.07, 6.45) is 6.80. The second kappa shape index (κ2) is 7.94. The maximum absolute atomic E-state index is 5.86. The smallest absolute Gasteiger partial charge is 0.0753 e. The fraction of sp³-hybridized carbons (Fsp3) is 1.00. The number of hydrogen-bond donors (Lipinski definition) is 1. The molecule has 0 aromatic carbocycles. The molecule has 0 radical (unpaired) electrons. The highest BCUT2D eigenvalue weighted by molar-refractivity contribution is 4.88. The van der Waals surface area contributed by atoms with Crippen molar-refractivity contribution < 1.29 is 4.74 Å². The molecule has 1 saturated heterocycles. The Bertz CT molecular complexity index is 306. The molecule has 0 spiro atoms. The predicted octanol–water partition coefficient (Wildman–Crippen LogP) is 3.29. The number of ether oxygens (including phenoxy) is 1. The van der Waals surface area contributed by atoms with Crippen LogP contribution < -0.4 is 5.32 Å². The Hall–Kier alpha value is -0.120. The molecule has 1 aliphatic heterocycles. The van der Waals surface area contributed by atoms with Crippen LogP contribution in [0.2, 0.25) is 0 Å². The summed E-state index contributed by atoms with van der Waals surface area (Å²) in [5, 5.41) is 3.82. The van der Waals surface area contributed by atoms with E-state index in [1.165, 1.54) is 45.2 Å². The van der Waals surface area contributed by atoms with Gasteiger partial charge in [0.05, 0.1) is 12.2 Å². The zero-order valence-corrected chi connectivity index (χ0v) is 14.7. The molecule has 3 nitrogen and oxygen atoms in total. The maximum Gasteiger partial charge on any atom is 0.0753 e. The molecular weight excluding hydrogens is 260 g/mol. The van der Waals surface area contributed by atoms with Crippen molar-refractivity contribution in [2.24, 2.45) is 11.8 Å². The van der Waals surface area contributed by atoms with Crippen LogP contribution in [0.15, 0.2) is 0 Å². The van der Waals surface area contributed by atoms with Crippen molar-refractivity contribution in [2.75, 3.05) is 32.8 Å². The highest BCUT2D eigenvalue weighted by Gasteiger charge is 2.33. The Balaban J connectivity index is 1.91. The van der Waals surface area contributed by atoms with Gasteiger partial charge in [0.2, 0.25) is 0 Å². The average Bonchev–Trinajstić information content (AvgIpc) is 2.45. The molecule has 3 heteroatoms. The first kappa shape index (κ1) is 17.2. The monoisotopic (exact) mass is 296 g/mol. The number of rotatable bonds is 6. The second-order valence-corrected chi connectivity index (χ2v) is 7.75. The summed E-state index contributed by atoms with van der Waals surface area (Å²) in [4.78, 5) is 2.65. The van der Waals surface area contributed by atoms with Crippen molar-refractivity contribution in [1.82, 2.24) is 10.2 Å². The van der Waals surface area contributed by atoms with Gasteiger partial charge in [-0.25, -0.2) is 0 Å². The zero-order valence-electron chi connectivity index (χ0n) is 14.7. The van der Waals surface area contributed by atoms with E-state index in [1.807, 2.05) is 0 Å². The van der Waals surface area contributed by atoms with Gasteiger partial charge in [0.25, 0.3) is 0 Å². The van der Waals surface area contributed by atoms with Crippen molar-refractivity contribution in [2.45, 2.75) is 71.4 Å². The normalized spacial score (nSPS) is 34.0. The van der Waals surface area contributed by atoms with Gasteiger partial charge in [-0.05, 0) is 57.9 Å². The van der Waals surface area contributed by atoms with Crippen LogP contribution in [-0.2, 0) is 4.74 Å². The van der Waals surface area contributed by atoms with Gasteiger partial charge in [-0.2, -0.15) is 0 Å². The summed E-state index contributed by atoms with van der Waals surface area (Å²) in [7, 11) is 0. The third-order valence-corrected chi connectivity index (χ3v) is 5.32. The molecule has 124 valence electrons. The topological polar surface area (TPSA) is 24.5 Å². The number of nitrogens with one attached hydrogen (secondary N) is 1. The lowest BCUT2D eigenvalue weighted by Crippen LogP contribution is -2.52. The molecule has 2 aliphatic rings. The van der Waals surface area contributed by atoms with Gasteiger partial charge in [-0.3, -0.25) is 4.90 Å². The standard InChI is InChI=1S/C18H36N2O/c1-5-9-19-17-8-7-15(6-2)12-16(17)13-20-10-11-21-18(3,4)14-20/h15-17,19H,5-14H2,1-4H3. The van der Waals surface area contributed by atoms with Crippen molar-refractivity contribution in [1.29, 1.82) is 0 Å². The molecule has 1 aliphatic carbocycles. The van der Waals surface area contributed by atoms with E-state index in [-0.39, 0.29) is 5.60 Å². The van der Waals surface area contributed by atoms with Gasteiger partial charge in [0.15, 0.2) is 0 Å². The summed E-state index contributed by atoms with van der Waals surface area (Å²) in [6, 6.07) is 0.735. The third kappa shape index (κ3) is 5.22. The average molecular weight is 296 g/mol. The van der Waals surface area contributed by atoms with Crippen LogP contribution >= 0.6 is 0 Å².